The van der Waals surface area contributed by atoms with Crippen molar-refractivity contribution in [2.24, 2.45) is 0 Å². The van der Waals surface area contributed by atoms with Crippen LogP contribution in [0.2, 0.25) is 0 Å². The van der Waals surface area contributed by atoms with Crippen LogP contribution < -0.4 is 0 Å². The highest BCUT2D eigenvalue weighted by atomic mass is 16.2. The second kappa shape index (κ2) is 6.66. The summed E-state index contributed by atoms with van der Waals surface area (Å²) in [7, 11) is 0. The first-order valence-electron chi connectivity index (χ1n) is 8.78. The van der Waals surface area contributed by atoms with E-state index in [2.05, 4.69) is 10.1 Å². The molecular weight excluding hydrogens is 318 g/mol. The zero-order valence-corrected chi connectivity index (χ0v) is 14.1. The third kappa shape index (κ3) is 3.14. The first-order valence-corrected chi connectivity index (χ1v) is 8.78. The quantitative estimate of drug-likeness (QED) is 0.825. The van der Waals surface area contributed by atoms with E-state index in [0.717, 1.165) is 31.5 Å². The van der Waals surface area contributed by atoms with E-state index >= 15 is 0 Å². The number of nitrogens with zero attached hydrogens (tertiary/aromatic N) is 5. The number of hydrogen-bond donors (Lipinski definition) is 0. The van der Waals surface area contributed by atoms with E-state index in [1.54, 1.807) is 34.3 Å². The van der Waals surface area contributed by atoms with Crippen LogP contribution in [0.4, 0.5) is 0 Å². The Morgan fingerprint density at radius 2 is 1.56 bits per heavy atom. The summed E-state index contributed by atoms with van der Waals surface area (Å²) >= 11 is 0. The molecule has 2 aliphatic heterocycles. The number of pyridine rings is 1. The lowest BCUT2D eigenvalue weighted by Gasteiger charge is -2.34. The van der Waals surface area contributed by atoms with Crippen molar-refractivity contribution in [1.82, 2.24) is 24.6 Å². The van der Waals surface area contributed by atoms with Gasteiger partial charge in [-0.25, -0.2) is 0 Å². The number of carbonyl (C=O) groups excluding carboxylic acids is 2. The number of aromatic nitrogens is 3. The highest BCUT2D eigenvalue weighted by molar-refractivity contribution is 5.95. The van der Waals surface area contributed by atoms with Gasteiger partial charge >= 0.3 is 0 Å². The minimum Gasteiger partial charge on any atom is -0.335 e. The van der Waals surface area contributed by atoms with Crippen LogP contribution in [0.5, 0.6) is 0 Å². The standard InChI is InChI=1S/C18H21N5O2/c24-17(14-4-6-19-7-5-14)21-9-11-22(12-10-21)18(25)16-13-15-3-1-2-8-23(15)20-16/h4-7,13H,1-3,8-12H2. The van der Waals surface area contributed by atoms with E-state index in [1.807, 2.05) is 10.7 Å². The highest BCUT2D eigenvalue weighted by Crippen LogP contribution is 2.17. The zero-order valence-electron chi connectivity index (χ0n) is 14.1. The Morgan fingerprint density at radius 3 is 2.24 bits per heavy atom. The highest BCUT2D eigenvalue weighted by Gasteiger charge is 2.27. The number of hydrogen-bond acceptors (Lipinski definition) is 4. The average molecular weight is 339 g/mol. The van der Waals surface area contributed by atoms with E-state index < -0.39 is 0 Å². The zero-order chi connectivity index (χ0) is 17.2. The summed E-state index contributed by atoms with van der Waals surface area (Å²) < 4.78 is 1.96. The lowest BCUT2D eigenvalue weighted by molar-refractivity contribution is 0.0531. The Kier molecular flexibility index (Phi) is 4.21. The van der Waals surface area contributed by atoms with Crippen molar-refractivity contribution >= 4 is 11.8 Å². The van der Waals surface area contributed by atoms with Crippen molar-refractivity contribution in [3.05, 3.63) is 47.5 Å². The molecule has 2 aliphatic rings. The summed E-state index contributed by atoms with van der Waals surface area (Å²) in [5.74, 6) is -0.0372. The van der Waals surface area contributed by atoms with Crippen molar-refractivity contribution < 1.29 is 9.59 Å². The van der Waals surface area contributed by atoms with Gasteiger partial charge in [-0.3, -0.25) is 19.3 Å². The van der Waals surface area contributed by atoms with Gasteiger partial charge in [0.1, 0.15) is 0 Å². The lowest BCUT2D eigenvalue weighted by Crippen LogP contribution is -2.50. The lowest BCUT2D eigenvalue weighted by atomic mass is 10.1. The minimum absolute atomic E-state index is 0.00745. The van der Waals surface area contributed by atoms with Gasteiger partial charge in [-0.05, 0) is 37.5 Å². The largest absolute Gasteiger partial charge is 0.335 e. The predicted octanol–water partition coefficient (Wildman–Crippen LogP) is 1.21. The molecule has 4 heterocycles. The fourth-order valence-electron chi connectivity index (χ4n) is 3.47. The van der Waals surface area contributed by atoms with Gasteiger partial charge in [0.2, 0.25) is 0 Å². The molecule has 0 radical (unpaired) electrons. The molecule has 2 aromatic heterocycles. The Labute approximate surface area is 146 Å². The molecule has 0 aromatic carbocycles. The molecule has 0 N–H and O–H groups in total. The van der Waals surface area contributed by atoms with Gasteiger partial charge < -0.3 is 9.80 Å². The first kappa shape index (κ1) is 15.8. The van der Waals surface area contributed by atoms with Crippen molar-refractivity contribution in [3.63, 3.8) is 0 Å². The van der Waals surface area contributed by atoms with Gasteiger partial charge in [-0.1, -0.05) is 0 Å². The molecule has 7 heteroatoms. The summed E-state index contributed by atoms with van der Waals surface area (Å²) in [5, 5.41) is 4.47. The molecule has 0 spiro atoms. The number of aryl methyl sites for hydroxylation is 2. The van der Waals surface area contributed by atoms with Crippen LogP contribution in [0, 0.1) is 0 Å². The maximum absolute atomic E-state index is 12.7. The van der Waals surface area contributed by atoms with E-state index in [-0.39, 0.29) is 11.8 Å². The second-order valence-corrected chi connectivity index (χ2v) is 6.52. The molecule has 130 valence electrons. The maximum Gasteiger partial charge on any atom is 0.274 e. The summed E-state index contributed by atoms with van der Waals surface area (Å²) in [6.07, 6.45) is 6.52. The molecule has 7 nitrogen and oxygen atoms in total. The van der Waals surface area contributed by atoms with Crippen LogP contribution in [0.25, 0.3) is 0 Å². The Hall–Kier alpha value is -2.70. The van der Waals surface area contributed by atoms with E-state index in [9.17, 15) is 9.59 Å². The molecule has 1 fully saturated rings. The van der Waals surface area contributed by atoms with Crippen molar-refractivity contribution in [1.29, 1.82) is 0 Å². The summed E-state index contributed by atoms with van der Waals surface area (Å²) in [5.41, 5.74) is 2.32. The smallest absolute Gasteiger partial charge is 0.274 e. The Morgan fingerprint density at radius 1 is 0.880 bits per heavy atom. The molecular formula is C18H21N5O2. The van der Waals surface area contributed by atoms with E-state index in [4.69, 9.17) is 0 Å². The van der Waals surface area contributed by atoms with Gasteiger partial charge in [0.05, 0.1) is 0 Å². The van der Waals surface area contributed by atoms with Gasteiger partial charge in [-0.2, -0.15) is 5.10 Å². The SMILES string of the molecule is O=C(c1ccncc1)N1CCN(C(=O)c2cc3n(n2)CCCC3)CC1. The van der Waals surface area contributed by atoms with Crippen molar-refractivity contribution in [2.75, 3.05) is 26.2 Å². The van der Waals surface area contributed by atoms with Crippen LogP contribution >= 0.6 is 0 Å². The molecule has 0 bridgehead atoms. The molecule has 2 amide bonds. The van der Waals surface area contributed by atoms with Crippen molar-refractivity contribution in [3.8, 4) is 0 Å². The molecule has 1 saturated heterocycles. The fraction of sp³-hybridized carbons (Fsp3) is 0.444. The topological polar surface area (TPSA) is 71.3 Å². The van der Waals surface area contributed by atoms with Crippen molar-refractivity contribution in [2.45, 2.75) is 25.8 Å². The third-order valence-corrected chi connectivity index (χ3v) is 4.92. The van der Waals surface area contributed by atoms with Crippen LogP contribution in [0.15, 0.2) is 30.6 Å². The minimum atomic E-state index is -0.0297. The number of carbonyl (C=O) groups is 2. The van der Waals surface area contributed by atoms with E-state index in [0.29, 0.717) is 37.4 Å². The van der Waals surface area contributed by atoms with Gasteiger partial charge in [-0.15, -0.1) is 0 Å². The summed E-state index contributed by atoms with van der Waals surface area (Å²) in [4.78, 5) is 32.7. The van der Waals surface area contributed by atoms with Gasteiger partial charge in [0, 0.05) is 56.4 Å². The number of piperazine rings is 1. The number of fused-ring (bicyclic) bond motifs is 1. The molecule has 4 rings (SSSR count). The monoisotopic (exact) mass is 339 g/mol. The Balaban J connectivity index is 1.39. The molecule has 0 saturated carbocycles. The summed E-state index contributed by atoms with van der Waals surface area (Å²) in [6.45, 7) is 3.06. The molecule has 0 atom stereocenters. The molecule has 2 aromatic rings. The molecule has 25 heavy (non-hydrogen) atoms. The van der Waals surface area contributed by atoms with Crippen LogP contribution in [-0.4, -0.2) is 62.6 Å². The van der Waals surface area contributed by atoms with Crippen LogP contribution in [-0.2, 0) is 13.0 Å². The molecule has 0 aliphatic carbocycles. The van der Waals surface area contributed by atoms with Gasteiger partial charge in [0.25, 0.3) is 11.8 Å². The third-order valence-electron chi connectivity index (χ3n) is 4.92. The first-order chi connectivity index (χ1) is 12.2. The normalized spacial score (nSPS) is 17.3. The maximum atomic E-state index is 12.7. The Bertz CT molecular complexity index is 755. The van der Waals surface area contributed by atoms with E-state index in [1.165, 1.54) is 0 Å². The average Bonchev–Trinajstić information content (AvgIpc) is 3.12. The number of rotatable bonds is 2. The van der Waals surface area contributed by atoms with Crippen LogP contribution in [0.3, 0.4) is 0 Å². The predicted molar refractivity (Wildman–Crippen MR) is 91.2 cm³/mol. The van der Waals surface area contributed by atoms with Gasteiger partial charge in [0.15, 0.2) is 5.69 Å². The fourth-order valence-corrected chi connectivity index (χ4v) is 3.47. The number of amides is 2. The van der Waals surface area contributed by atoms with Crippen LogP contribution in [0.1, 0.15) is 39.4 Å². The molecule has 0 unspecified atom stereocenters. The second-order valence-electron chi connectivity index (χ2n) is 6.52. The summed E-state index contributed by atoms with van der Waals surface area (Å²) in [6, 6.07) is 5.36.